The smallest absolute Gasteiger partial charge is 0.433 e. The first-order valence-corrected chi connectivity index (χ1v) is 14.0. The SMILES string of the molecule is CC1=CC(=O)C2=C(C1=O)[C@@H](c1cc(Cl)ccc1O)C1=CC[C@@H]3C(=O)N(N(C)c4nc(C(F)(F)F)ccc4Cl)C(=O)[C@@H]3[C@@H]1C2. The maximum atomic E-state index is 14.0. The summed E-state index contributed by atoms with van der Waals surface area (Å²) in [6.07, 6.45) is -1.76. The monoisotopic (exact) mass is 631 g/mol. The summed E-state index contributed by atoms with van der Waals surface area (Å²) in [5.74, 6) is -6.30. The van der Waals surface area contributed by atoms with Crippen molar-refractivity contribution in [1.82, 2.24) is 9.99 Å². The van der Waals surface area contributed by atoms with Crippen LogP contribution >= 0.6 is 23.2 Å². The van der Waals surface area contributed by atoms with Crippen molar-refractivity contribution in [2.45, 2.75) is 31.9 Å². The molecule has 0 spiro atoms. The van der Waals surface area contributed by atoms with E-state index in [9.17, 15) is 37.5 Å². The van der Waals surface area contributed by atoms with E-state index in [-0.39, 0.29) is 56.7 Å². The summed E-state index contributed by atoms with van der Waals surface area (Å²) in [6.45, 7) is 1.52. The van der Waals surface area contributed by atoms with Crippen LogP contribution in [-0.2, 0) is 25.4 Å². The van der Waals surface area contributed by atoms with Crippen LogP contribution in [0.2, 0.25) is 10.0 Å². The van der Waals surface area contributed by atoms with Crippen molar-refractivity contribution >= 4 is 52.4 Å². The number of halogens is 5. The lowest BCUT2D eigenvalue weighted by Crippen LogP contribution is -2.46. The van der Waals surface area contributed by atoms with Gasteiger partial charge in [0, 0.05) is 40.3 Å². The zero-order chi connectivity index (χ0) is 31.1. The highest BCUT2D eigenvalue weighted by atomic mass is 35.5. The van der Waals surface area contributed by atoms with E-state index in [4.69, 9.17) is 23.2 Å². The molecule has 0 radical (unpaired) electrons. The highest BCUT2D eigenvalue weighted by Gasteiger charge is 2.58. The Morgan fingerprint density at radius 2 is 1.77 bits per heavy atom. The fourth-order valence-electron chi connectivity index (χ4n) is 6.66. The molecule has 0 bridgehead atoms. The van der Waals surface area contributed by atoms with Gasteiger partial charge >= 0.3 is 6.18 Å². The van der Waals surface area contributed by atoms with Crippen LogP contribution in [0.3, 0.4) is 0 Å². The Bertz CT molecular complexity index is 1750. The molecule has 2 aromatic rings. The topological polar surface area (TPSA) is 108 Å². The predicted octanol–water partition coefficient (Wildman–Crippen LogP) is 5.59. The number of hydrogen-bond donors (Lipinski definition) is 1. The Balaban J connectivity index is 1.45. The van der Waals surface area contributed by atoms with E-state index in [1.807, 2.05) is 0 Å². The van der Waals surface area contributed by atoms with Crippen molar-refractivity contribution in [3.8, 4) is 5.75 Å². The molecule has 2 amide bonds. The number of phenolic OH excluding ortho intramolecular Hbond substituents is 1. The van der Waals surface area contributed by atoms with Gasteiger partial charge in [0.1, 0.15) is 11.4 Å². The number of amides is 2. The molecule has 43 heavy (non-hydrogen) atoms. The van der Waals surface area contributed by atoms with Crippen LogP contribution < -0.4 is 5.01 Å². The number of anilines is 1. The minimum atomic E-state index is -4.79. The molecule has 0 unspecified atom stereocenters. The van der Waals surface area contributed by atoms with Gasteiger partial charge in [-0.1, -0.05) is 34.9 Å². The van der Waals surface area contributed by atoms with E-state index >= 15 is 0 Å². The number of phenols is 1. The van der Waals surface area contributed by atoms with Crippen LogP contribution in [-0.4, -0.2) is 45.5 Å². The van der Waals surface area contributed by atoms with Gasteiger partial charge in [-0.25, -0.2) is 4.98 Å². The van der Waals surface area contributed by atoms with Crippen molar-refractivity contribution in [2.24, 2.45) is 17.8 Å². The number of rotatable bonds is 3. The molecule has 1 N–H and O–H groups in total. The summed E-state index contributed by atoms with van der Waals surface area (Å²) in [4.78, 5) is 58.0. The lowest BCUT2D eigenvalue weighted by molar-refractivity contribution is -0.141. The Morgan fingerprint density at radius 3 is 2.47 bits per heavy atom. The quantitative estimate of drug-likeness (QED) is 0.267. The van der Waals surface area contributed by atoms with E-state index in [1.54, 1.807) is 6.08 Å². The van der Waals surface area contributed by atoms with Gasteiger partial charge in [0.2, 0.25) is 0 Å². The summed E-state index contributed by atoms with van der Waals surface area (Å²) in [5, 5.41) is 12.6. The van der Waals surface area contributed by atoms with E-state index in [0.29, 0.717) is 11.6 Å². The minimum absolute atomic E-state index is 0.0202. The normalized spacial score (nSPS) is 25.3. The number of hydrazine groups is 1. The summed E-state index contributed by atoms with van der Waals surface area (Å²) in [7, 11) is 1.22. The number of allylic oxidation sites excluding steroid dienone is 6. The van der Waals surface area contributed by atoms with Gasteiger partial charge in [-0.2, -0.15) is 18.2 Å². The van der Waals surface area contributed by atoms with Crippen LogP contribution in [0.1, 0.15) is 36.9 Å². The van der Waals surface area contributed by atoms with Gasteiger partial charge in [-0.05, 0) is 62.1 Å². The van der Waals surface area contributed by atoms with Crippen LogP contribution in [0.4, 0.5) is 19.0 Å². The largest absolute Gasteiger partial charge is 0.508 e. The summed E-state index contributed by atoms with van der Waals surface area (Å²) >= 11 is 12.4. The first-order valence-electron chi connectivity index (χ1n) is 13.2. The molecule has 3 aliphatic carbocycles. The molecule has 2 heterocycles. The second kappa shape index (κ2) is 10.1. The number of aromatic hydroxyl groups is 1. The van der Waals surface area contributed by atoms with Gasteiger partial charge in [-0.15, -0.1) is 0 Å². The number of pyridine rings is 1. The molecular formula is C30H22Cl2F3N3O5. The van der Waals surface area contributed by atoms with Crippen molar-refractivity contribution in [2.75, 3.05) is 12.1 Å². The first kappa shape index (κ1) is 29.1. The van der Waals surface area contributed by atoms with Gasteiger partial charge in [0.15, 0.2) is 17.4 Å². The number of fused-ring (bicyclic) bond motifs is 3. The number of benzene rings is 1. The highest BCUT2D eigenvalue weighted by Crippen LogP contribution is 2.56. The zero-order valence-electron chi connectivity index (χ0n) is 22.6. The number of Topliss-reactive ketones (excluding diaryl/α,β-unsaturated/α-hetero) is 1. The molecule has 1 aliphatic heterocycles. The van der Waals surface area contributed by atoms with Crippen molar-refractivity contribution in [3.63, 3.8) is 0 Å². The Labute approximate surface area is 253 Å². The van der Waals surface area contributed by atoms with Crippen LogP contribution in [0.5, 0.6) is 5.75 Å². The number of carbonyl (C=O) groups is 4. The van der Waals surface area contributed by atoms with E-state index in [1.165, 1.54) is 38.2 Å². The molecule has 1 aromatic carbocycles. The first-order chi connectivity index (χ1) is 20.2. The number of ketones is 2. The molecule has 8 nitrogen and oxygen atoms in total. The number of alkyl halides is 3. The van der Waals surface area contributed by atoms with Gasteiger partial charge in [-0.3, -0.25) is 24.2 Å². The number of aromatic nitrogens is 1. The Kier molecular flexibility index (Phi) is 6.81. The standard InChI is InChI=1S/C30H22Cl2F3N3O5/c1-12-9-21(40)18-11-16-14(23(25(18)26(12)41)17-10-13(31)3-7-20(17)39)4-5-15-24(16)29(43)38(28(15)42)37(2)27-19(32)6-8-22(36-27)30(33,34)35/h3-4,6-10,15-16,23-24,39H,5,11H2,1-2H3/t15-,16+,23+,24-/m0/s1. The molecular weight excluding hydrogens is 610 g/mol. The summed E-state index contributed by atoms with van der Waals surface area (Å²) < 4.78 is 40.2. The molecule has 1 aromatic heterocycles. The average molecular weight is 632 g/mol. The number of nitrogens with zero attached hydrogens (tertiary/aromatic N) is 3. The van der Waals surface area contributed by atoms with Gasteiger partial charge < -0.3 is 5.11 Å². The molecule has 4 atom stereocenters. The van der Waals surface area contributed by atoms with E-state index < -0.39 is 59.0 Å². The van der Waals surface area contributed by atoms with Crippen molar-refractivity contribution < 1.29 is 37.5 Å². The maximum absolute atomic E-state index is 14.0. The van der Waals surface area contributed by atoms with Crippen LogP contribution in [0.25, 0.3) is 0 Å². The lowest BCUT2D eigenvalue weighted by atomic mass is 9.59. The highest BCUT2D eigenvalue weighted by molar-refractivity contribution is 6.33. The summed E-state index contributed by atoms with van der Waals surface area (Å²) in [6, 6.07) is 6.02. The third-order valence-corrected chi connectivity index (χ3v) is 9.10. The van der Waals surface area contributed by atoms with Crippen molar-refractivity contribution in [3.05, 3.63) is 86.1 Å². The zero-order valence-corrected chi connectivity index (χ0v) is 24.1. The molecule has 1 fully saturated rings. The maximum Gasteiger partial charge on any atom is 0.433 e. The molecule has 13 heteroatoms. The third kappa shape index (κ3) is 4.48. The van der Waals surface area contributed by atoms with Crippen LogP contribution in [0, 0.1) is 17.8 Å². The van der Waals surface area contributed by atoms with E-state index in [0.717, 1.165) is 16.1 Å². The third-order valence-electron chi connectivity index (χ3n) is 8.57. The summed E-state index contributed by atoms with van der Waals surface area (Å²) in [5.41, 5.74) is 0.198. The Hall–Kier alpha value is -3.96. The Morgan fingerprint density at radius 1 is 1.05 bits per heavy atom. The predicted molar refractivity (Wildman–Crippen MR) is 149 cm³/mol. The molecule has 4 aliphatic rings. The van der Waals surface area contributed by atoms with Gasteiger partial charge in [0.25, 0.3) is 11.8 Å². The number of hydrogen-bond acceptors (Lipinski definition) is 7. The second-order valence-electron chi connectivity index (χ2n) is 10.9. The number of carbonyl (C=O) groups excluding carboxylic acids is 4. The van der Waals surface area contributed by atoms with Crippen LogP contribution in [0.15, 0.2) is 64.8 Å². The molecule has 0 saturated carbocycles. The fourth-order valence-corrected chi connectivity index (χ4v) is 7.07. The number of imide groups is 1. The fraction of sp³-hybridized carbons (Fsp3) is 0.300. The average Bonchev–Trinajstić information content (AvgIpc) is 3.20. The molecule has 6 rings (SSSR count). The molecule has 222 valence electrons. The van der Waals surface area contributed by atoms with Gasteiger partial charge in [0.05, 0.1) is 16.9 Å². The van der Waals surface area contributed by atoms with Crippen molar-refractivity contribution in [1.29, 1.82) is 0 Å². The van der Waals surface area contributed by atoms with E-state index in [2.05, 4.69) is 4.98 Å². The molecule has 1 saturated heterocycles. The lowest BCUT2D eigenvalue weighted by Gasteiger charge is -2.42. The second-order valence-corrected chi connectivity index (χ2v) is 11.8. The minimum Gasteiger partial charge on any atom is -0.508 e.